The lowest BCUT2D eigenvalue weighted by Gasteiger charge is -2.16. The normalized spacial score (nSPS) is 18.2. The van der Waals surface area contributed by atoms with Gasteiger partial charge >= 0.3 is 19.3 Å². The fourth-order valence-corrected chi connectivity index (χ4v) is 0.416. The fourth-order valence-electron chi connectivity index (χ4n) is 0.416. The molecule has 104 valence electrons. The molecule has 0 aliphatic carbocycles. The molecular weight excluding hydrogens is 284 g/mol. The molecule has 0 bridgehead atoms. The van der Waals surface area contributed by atoms with E-state index in [9.17, 15) is 17.4 Å². The van der Waals surface area contributed by atoms with Crippen LogP contribution in [0.15, 0.2) is 0 Å². The Balaban J connectivity index is 0. The number of hydrogen-bond donors (Lipinski definition) is 6. The molecule has 0 saturated carbocycles. The van der Waals surface area contributed by atoms with Gasteiger partial charge in [-0.3, -0.25) is 9.11 Å². The van der Waals surface area contributed by atoms with E-state index in [2.05, 4.69) is 0 Å². The first-order valence-corrected chi connectivity index (χ1v) is 6.83. The number of carbonyl (C=O) groups is 1. The molecule has 4 unspecified atom stereocenters. The maximum Gasteiger partial charge on any atom is 0.373 e. The van der Waals surface area contributed by atoms with Gasteiger partial charge in [-0.1, -0.05) is 0 Å². The summed E-state index contributed by atoms with van der Waals surface area (Å²) in [7, 11) is -7.87. The Hall–Kier alpha value is -0.470. The topological polar surface area (TPSA) is 190 Å². The van der Waals surface area contributed by atoms with Gasteiger partial charge < -0.3 is 25.2 Å². The van der Waals surface area contributed by atoms with Gasteiger partial charge in [0.15, 0.2) is 6.29 Å². The molecule has 0 radical (unpaired) electrons. The van der Waals surface area contributed by atoms with Gasteiger partial charge in [0.25, 0.3) is 0 Å². The number of aliphatic hydroxyl groups is 4. The summed E-state index contributed by atoms with van der Waals surface area (Å²) in [5.41, 5.74) is 0. The smallest absolute Gasteiger partial charge is 0.373 e. The third-order valence-corrected chi connectivity index (χ3v) is 2.69. The van der Waals surface area contributed by atoms with Crippen molar-refractivity contribution in [2.45, 2.75) is 18.3 Å². The Labute approximate surface area is 97.9 Å². The summed E-state index contributed by atoms with van der Waals surface area (Å²) >= 11 is 0. The summed E-state index contributed by atoms with van der Waals surface area (Å²) in [5, 5.41) is 34.1. The second-order valence-corrected chi connectivity index (χ2v) is 5.92. The monoisotopic (exact) mass is 296 g/mol. The van der Waals surface area contributed by atoms with E-state index in [1.54, 1.807) is 0 Å². The minimum Gasteiger partial charge on any atom is -0.394 e. The molecule has 0 fully saturated rings. The molecule has 0 spiro atoms. The second kappa shape index (κ2) is 8.60. The van der Waals surface area contributed by atoms with Crippen LogP contribution in [0.25, 0.3) is 0 Å². The van der Waals surface area contributed by atoms with Crippen molar-refractivity contribution in [1.29, 1.82) is 0 Å². The summed E-state index contributed by atoms with van der Waals surface area (Å²) in [6.45, 7) is -0.688. The molecule has 0 saturated heterocycles. The third-order valence-electron chi connectivity index (χ3n) is 1.25. The quantitative estimate of drug-likeness (QED) is 0.127. The molecule has 6 N–H and O–H groups in total. The van der Waals surface area contributed by atoms with Gasteiger partial charge in [0.1, 0.15) is 18.3 Å². The Morgan fingerprint density at radius 2 is 1.59 bits per heavy atom. The summed E-state index contributed by atoms with van der Waals surface area (Å²) < 4.78 is 43.0. The highest BCUT2D eigenvalue weighted by molar-refractivity contribution is 8.59. The maximum atomic E-state index is 9.76. The van der Waals surface area contributed by atoms with Crippen molar-refractivity contribution < 1.29 is 47.0 Å². The zero-order chi connectivity index (χ0) is 14.2. The van der Waals surface area contributed by atoms with E-state index in [1.165, 1.54) is 0 Å². The maximum absolute atomic E-state index is 9.76. The highest BCUT2D eigenvalue weighted by Crippen LogP contribution is 1.96. The number of hydrogen-bond acceptors (Lipinski definition) is 8. The van der Waals surface area contributed by atoms with Crippen LogP contribution in [0.1, 0.15) is 0 Å². The lowest BCUT2D eigenvalue weighted by Crippen LogP contribution is -2.40. The first-order chi connectivity index (χ1) is 7.57. The molecule has 10 nitrogen and oxygen atoms in total. The van der Waals surface area contributed by atoms with Crippen LogP contribution in [-0.4, -0.2) is 73.4 Å². The molecule has 0 aliphatic rings. The molecule has 0 heterocycles. The molecule has 4 atom stereocenters. The summed E-state index contributed by atoms with van der Waals surface area (Å²) in [5.74, 6) is 0. The Morgan fingerprint density at radius 1 is 1.24 bits per heavy atom. The van der Waals surface area contributed by atoms with Gasteiger partial charge in [0.2, 0.25) is 0 Å². The van der Waals surface area contributed by atoms with E-state index < -0.39 is 44.2 Å². The van der Waals surface area contributed by atoms with Crippen molar-refractivity contribution in [3.63, 3.8) is 0 Å². The standard InChI is InChI=1S/C5H10O5.H2O5S2/c6-1-3(8)5(10)4(9)2-7;1-6(2)7(3,4)5/h1,3-5,7-10H,2H2;(H,1,2)(H,3,4,5). The van der Waals surface area contributed by atoms with Crippen LogP contribution >= 0.6 is 0 Å². The van der Waals surface area contributed by atoms with Crippen LogP contribution in [0, 0.1) is 0 Å². The number of aldehydes is 1. The van der Waals surface area contributed by atoms with Crippen LogP contribution in [0.5, 0.6) is 0 Å². The second-order valence-electron chi connectivity index (χ2n) is 2.51. The first kappa shape index (κ1) is 18.9. The molecule has 17 heavy (non-hydrogen) atoms. The molecule has 0 aromatic carbocycles. The fraction of sp³-hybridized carbons (Fsp3) is 0.800. The van der Waals surface area contributed by atoms with E-state index in [0.29, 0.717) is 0 Å². The largest absolute Gasteiger partial charge is 0.394 e. The number of aliphatic hydroxyl groups excluding tert-OH is 4. The minimum atomic E-state index is -4.71. The van der Waals surface area contributed by atoms with Crippen LogP contribution in [0.4, 0.5) is 0 Å². The van der Waals surface area contributed by atoms with Gasteiger partial charge in [-0.25, -0.2) is 4.21 Å². The lowest BCUT2D eigenvalue weighted by atomic mass is 10.1. The average Bonchev–Trinajstić information content (AvgIpc) is 2.25. The van der Waals surface area contributed by atoms with Crippen molar-refractivity contribution in [3.8, 4) is 0 Å². The lowest BCUT2D eigenvalue weighted by molar-refractivity contribution is -0.127. The van der Waals surface area contributed by atoms with Gasteiger partial charge in [-0.15, -0.1) is 0 Å². The van der Waals surface area contributed by atoms with Crippen molar-refractivity contribution in [2.75, 3.05) is 6.61 Å². The predicted molar refractivity (Wildman–Crippen MR) is 53.5 cm³/mol. The Kier molecular flexibility index (Phi) is 9.55. The average molecular weight is 296 g/mol. The molecule has 0 aromatic heterocycles. The molecule has 0 aliphatic heterocycles. The number of rotatable bonds is 5. The molecule has 12 heteroatoms. The Morgan fingerprint density at radius 3 is 1.76 bits per heavy atom. The van der Waals surface area contributed by atoms with Crippen molar-refractivity contribution >= 4 is 25.5 Å². The van der Waals surface area contributed by atoms with Crippen LogP contribution in [0.2, 0.25) is 0 Å². The minimum absolute atomic E-state index is 0.0869. The van der Waals surface area contributed by atoms with Crippen molar-refractivity contribution in [1.82, 2.24) is 0 Å². The Bertz CT molecular complexity index is 337. The van der Waals surface area contributed by atoms with Gasteiger partial charge in [0.05, 0.1) is 6.61 Å². The van der Waals surface area contributed by atoms with Crippen molar-refractivity contribution in [2.24, 2.45) is 0 Å². The molecule has 0 amide bonds. The zero-order valence-corrected chi connectivity index (χ0v) is 9.78. The van der Waals surface area contributed by atoms with E-state index in [1.807, 2.05) is 0 Å². The highest BCUT2D eigenvalue weighted by Gasteiger charge is 2.22. The van der Waals surface area contributed by atoms with Crippen LogP contribution < -0.4 is 0 Å². The van der Waals surface area contributed by atoms with Crippen LogP contribution in [0.3, 0.4) is 0 Å². The third kappa shape index (κ3) is 9.25. The van der Waals surface area contributed by atoms with Crippen LogP contribution in [-0.2, 0) is 24.1 Å². The highest BCUT2D eigenvalue weighted by atomic mass is 33.2. The first-order valence-electron chi connectivity index (χ1n) is 3.77. The van der Waals surface area contributed by atoms with Crippen molar-refractivity contribution in [3.05, 3.63) is 0 Å². The van der Waals surface area contributed by atoms with Gasteiger partial charge in [-0.05, 0) is 0 Å². The number of carbonyl (C=O) groups excluding carboxylic acids is 1. The summed E-state index contributed by atoms with van der Waals surface area (Å²) in [6, 6.07) is 0. The molecular formula is C5H12O10S2. The van der Waals surface area contributed by atoms with E-state index >= 15 is 0 Å². The summed E-state index contributed by atoms with van der Waals surface area (Å²) in [4.78, 5) is 9.76. The van der Waals surface area contributed by atoms with Gasteiger partial charge in [-0.2, -0.15) is 8.42 Å². The molecule has 0 rings (SSSR count). The van der Waals surface area contributed by atoms with E-state index in [0.717, 1.165) is 0 Å². The SMILES string of the molecule is O=CC(O)C(O)C(O)CO.O=S(O)S(=O)(=O)O. The van der Waals surface area contributed by atoms with E-state index in [-0.39, 0.29) is 6.29 Å². The molecule has 0 aromatic rings. The summed E-state index contributed by atoms with van der Waals surface area (Å²) in [6.07, 6.45) is -4.63. The zero-order valence-electron chi connectivity index (χ0n) is 8.15. The van der Waals surface area contributed by atoms with E-state index in [4.69, 9.17) is 29.5 Å². The predicted octanol–water partition coefficient (Wildman–Crippen LogP) is -3.73. The van der Waals surface area contributed by atoms with Gasteiger partial charge in [0, 0.05) is 0 Å².